The molecule has 0 spiro atoms. The molecule has 7 nitrogen and oxygen atoms in total. The van der Waals surface area contributed by atoms with Gasteiger partial charge in [-0.2, -0.15) is 13.2 Å². The molecule has 4 heterocycles. The van der Waals surface area contributed by atoms with Gasteiger partial charge in [0, 0.05) is 43.1 Å². The minimum atomic E-state index is -4.33. The van der Waals surface area contributed by atoms with E-state index in [4.69, 9.17) is 4.74 Å². The molecule has 234 valence electrons. The predicted molar refractivity (Wildman–Crippen MR) is 147 cm³/mol. The van der Waals surface area contributed by atoms with Crippen LogP contribution in [0.1, 0.15) is 71.6 Å². The monoisotopic (exact) mass is 587 g/mol. The third-order valence-corrected chi connectivity index (χ3v) is 12.1. The molecule has 2 N–H and O–H groups in total. The number of likely N-dealkylation sites (tertiary alicyclic amines) is 2. The van der Waals surface area contributed by atoms with Crippen molar-refractivity contribution in [1.29, 1.82) is 0 Å². The summed E-state index contributed by atoms with van der Waals surface area (Å²) in [5.74, 6) is -2.56. The fourth-order valence-corrected chi connectivity index (χ4v) is 9.23. The van der Waals surface area contributed by atoms with Crippen LogP contribution in [0.3, 0.4) is 0 Å². The first-order valence-corrected chi connectivity index (χ1v) is 15.9. The van der Waals surface area contributed by atoms with E-state index in [1.165, 1.54) is 0 Å². The lowest BCUT2D eigenvalue weighted by Gasteiger charge is -2.52. The van der Waals surface area contributed by atoms with Gasteiger partial charge in [0.1, 0.15) is 5.67 Å². The first-order valence-electron chi connectivity index (χ1n) is 15.9. The van der Waals surface area contributed by atoms with Crippen LogP contribution in [0, 0.1) is 35.0 Å². The number of ether oxygens (including phenoxy) is 1. The zero-order valence-electron chi connectivity index (χ0n) is 24.9. The van der Waals surface area contributed by atoms with Crippen LogP contribution in [0.15, 0.2) is 0 Å². The Hall–Kier alpha value is -1.01. The summed E-state index contributed by atoms with van der Waals surface area (Å²) in [5.41, 5.74) is 5.42. The fraction of sp³-hybridized carbons (Fsp3) is 0.967. The van der Waals surface area contributed by atoms with Gasteiger partial charge in [-0.1, -0.05) is 6.42 Å². The molecule has 0 aromatic carbocycles. The number of nitrogens with zero attached hydrogens (tertiary/aromatic N) is 3. The first kappa shape index (κ1) is 30.0. The Labute approximate surface area is 242 Å². The predicted octanol–water partition coefficient (Wildman–Crippen LogP) is 4.15. The van der Waals surface area contributed by atoms with Gasteiger partial charge >= 0.3 is 6.18 Å². The minimum absolute atomic E-state index is 0.00537. The highest BCUT2D eigenvalue weighted by Crippen LogP contribution is 2.53. The van der Waals surface area contributed by atoms with E-state index in [0.29, 0.717) is 51.5 Å². The third-order valence-electron chi connectivity index (χ3n) is 12.1. The molecule has 41 heavy (non-hydrogen) atoms. The van der Waals surface area contributed by atoms with Gasteiger partial charge in [-0.15, -0.1) is 0 Å². The number of nitrogens with one attached hydrogen (secondary N) is 2. The van der Waals surface area contributed by atoms with Crippen LogP contribution in [-0.2, 0) is 9.53 Å². The summed E-state index contributed by atoms with van der Waals surface area (Å²) in [7, 11) is 2.09. The maximum absolute atomic E-state index is 14.5. The number of amides is 1. The van der Waals surface area contributed by atoms with Crippen molar-refractivity contribution in [1.82, 2.24) is 25.6 Å². The van der Waals surface area contributed by atoms with Crippen molar-refractivity contribution < 1.29 is 27.1 Å². The number of halogens is 4. The summed E-state index contributed by atoms with van der Waals surface area (Å²) in [6, 6.07) is -0.0843. The van der Waals surface area contributed by atoms with E-state index in [-0.39, 0.29) is 48.5 Å². The number of alkyl halides is 4. The van der Waals surface area contributed by atoms with Crippen LogP contribution in [0.5, 0.6) is 0 Å². The molecule has 2 saturated carbocycles. The highest BCUT2D eigenvalue weighted by molar-refractivity contribution is 5.82. The quantitative estimate of drug-likeness (QED) is 0.456. The number of carbonyl (C=O) groups is 1. The molecule has 0 bridgehead atoms. The van der Waals surface area contributed by atoms with Gasteiger partial charge in [-0.25, -0.2) is 15.2 Å². The summed E-state index contributed by atoms with van der Waals surface area (Å²) in [6.45, 7) is 7.17. The summed E-state index contributed by atoms with van der Waals surface area (Å²) < 4.78 is 63.8. The number of carbonyl (C=O) groups excluding carboxylic acids is 1. The van der Waals surface area contributed by atoms with Gasteiger partial charge in [-0.3, -0.25) is 9.69 Å². The Bertz CT molecular complexity index is 952. The van der Waals surface area contributed by atoms with Gasteiger partial charge in [-0.05, 0) is 90.0 Å². The lowest BCUT2D eigenvalue weighted by Crippen LogP contribution is -2.56. The van der Waals surface area contributed by atoms with Crippen molar-refractivity contribution in [3.05, 3.63) is 0 Å². The van der Waals surface area contributed by atoms with Crippen LogP contribution in [0.4, 0.5) is 17.6 Å². The summed E-state index contributed by atoms with van der Waals surface area (Å²) >= 11 is 0. The van der Waals surface area contributed by atoms with E-state index in [0.717, 1.165) is 38.8 Å². The van der Waals surface area contributed by atoms with E-state index >= 15 is 0 Å². The maximum Gasteiger partial charge on any atom is 0.392 e. The minimum Gasteiger partial charge on any atom is -0.380 e. The second-order valence-electron chi connectivity index (χ2n) is 14.7. The topological polar surface area (TPSA) is 60.1 Å². The number of piperidine rings is 1. The molecule has 0 aromatic rings. The fourth-order valence-electron chi connectivity index (χ4n) is 9.23. The van der Waals surface area contributed by atoms with Crippen LogP contribution in [-0.4, -0.2) is 97.3 Å². The van der Waals surface area contributed by atoms with Crippen molar-refractivity contribution in [3.63, 3.8) is 0 Å². The van der Waals surface area contributed by atoms with Crippen molar-refractivity contribution >= 4 is 5.91 Å². The first-order chi connectivity index (χ1) is 19.4. The Morgan fingerprint density at radius 2 is 1.85 bits per heavy atom. The average Bonchev–Trinajstić information content (AvgIpc) is 3.46. The Morgan fingerprint density at radius 1 is 1.12 bits per heavy atom. The Kier molecular flexibility index (Phi) is 8.18. The Morgan fingerprint density at radius 3 is 2.46 bits per heavy atom. The number of hydrogen-bond donors (Lipinski definition) is 2. The summed E-state index contributed by atoms with van der Waals surface area (Å²) in [5, 5.41) is 0. The lowest BCUT2D eigenvalue weighted by molar-refractivity contribution is -0.206. The summed E-state index contributed by atoms with van der Waals surface area (Å²) in [6.07, 6.45) is 2.05. The van der Waals surface area contributed by atoms with E-state index in [1.54, 1.807) is 6.92 Å². The molecule has 11 heteroatoms. The second kappa shape index (κ2) is 11.2. The molecule has 4 aliphatic heterocycles. The number of hydrogen-bond acceptors (Lipinski definition) is 6. The molecule has 0 radical (unpaired) electrons. The molecule has 6 fully saturated rings. The van der Waals surface area contributed by atoms with Crippen LogP contribution >= 0.6 is 0 Å². The van der Waals surface area contributed by atoms with Crippen molar-refractivity contribution in [2.24, 2.45) is 35.0 Å². The van der Waals surface area contributed by atoms with Gasteiger partial charge in [0.15, 0.2) is 0 Å². The third kappa shape index (κ3) is 5.79. The van der Waals surface area contributed by atoms with Gasteiger partial charge in [0.25, 0.3) is 0 Å². The highest BCUT2D eigenvalue weighted by Gasteiger charge is 2.59. The molecule has 0 aromatic heterocycles. The maximum atomic E-state index is 14.5. The highest BCUT2D eigenvalue weighted by atomic mass is 19.4. The second-order valence-corrected chi connectivity index (χ2v) is 14.7. The van der Waals surface area contributed by atoms with Gasteiger partial charge < -0.3 is 14.5 Å². The van der Waals surface area contributed by atoms with E-state index in [2.05, 4.69) is 27.7 Å². The molecule has 7 unspecified atom stereocenters. The molecule has 8 atom stereocenters. The molecule has 6 rings (SSSR count). The molecule has 4 saturated heterocycles. The Balaban J connectivity index is 1.15. The van der Waals surface area contributed by atoms with Crippen LogP contribution < -0.4 is 10.9 Å². The average molecular weight is 588 g/mol. The largest absolute Gasteiger partial charge is 0.392 e. The van der Waals surface area contributed by atoms with E-state index in [1.807, 2.05) is 11.8 Å². The molecule has 6 aliphatic rings. The van der Waals surface area contributed by atoms with E-state index in [9.17, 15) is 22.4 Å². The van der Waals surface area contributed by atoms with Crippen LogP contribution in [0.25, 0.3) is 0 Å². The normalized spacial score (nSPS) is 40.8. The van der Waals surface area contributed by atoms with Gasteiger partial charge in [0.2, 0.25) is 5.91 Å². The number of hydrazine groups is 1. The smallest absolute Gasteiger partial charge is 0.380 e. The molecular weight excluding hydrogens is 538 g/mol. The van der Waals surface area contributed by atoms with E-state index < -0.39 is 29.6 Å². The lowest BCUT2D eigenvalue weighted by atomic mass is 9.64. The van der Waals surface area contributed by atoms with Crippen molar-refractivity contribution in [2.75, 3.05) is 46.6 Å². The molecule has 1 amide bonds. The molecule has 2 aliphatic carbocycles. The molecular formula is C30H49F4N5O2. The van der Waals surface area contributed by atoms with Gasteiger partial charge in [0.05, 0.1) is 32.0 Å². The zero-order chi connectivity index (χ0) is 29.2. The standard InChI is InChI=1S/C30H49F4N5O2/c1-19(38-9-7-28(2,31)8-10-38)20-11-23-24(25(12-20)30(32,33)34)15-39(27(23)40)22-6-4-5-21(13-22)29(16-41-17-29)14-26-36-35-18-37(26)3/h19-26,35-36H,4-18H2,1-3H3/t19-,20?,21?,22?,23?,24?,25?,26?/m0/s1. The SMILES string of the molecule is C[C@@H](C1CC2C(=O)N(C3CCCC(C4(CC5NNCN5C)COC4)C3)CC2C(C(F)(F)F)C1)N1CCC(C)(F)CC1. The summed E-state index contributed by atoms with van der Waals surface area (Å²) in [4.78, 5) is 20.2. The van der Waals surface area contributed by atoms with Crippen LogP contribution in [0.2, 0.25) is 0 Å². The number of fused-ring (bicyclic) bond motifs is 1. The van der Waals surface area contributed by atoms with Crippen molar-refractivity contribution in [3.8, 4) is 0 Å². The number of rotatable bonds is 6. The zero-order valence-corrected chi connectivity index (χ0v) is 24.9. The van der Waals surface area contributed by atoms with Crippen molar-refractivity contribution in [2.45, 2.75) is 102 Å².